The van der Waals surface area contributed by atoms with E-state index in [-0.39, 0.29) is 0 Å². The van der Waals surface area contributed by atoms with E-state index in [1.54, 1.807) is 12.0 Å². The molecule has 5 heteroatoms. The monoisotopic (exact) mass is 185 g/mol. The van der Waals surface area contributed by atoms with Gasteiger partial charge in [0.1, 0.15) is 12.1 Å². The van der Waals surface area contributed by atoms with Crippen molar-refractivity contribution in [2.45, 2.75) is 0 Å². The summed E-state index contributed by atoms with van der Waals surface area (Å²) in [5.41, 5.74) is 0. The van der Waals surface area contributed by atoms with Crippen molar-refractivity contribution in [3.05, 3.63) is 18.3 Å². The molecule has 0 aliphatic heterocycles. The van der Waals surface area contributed by atoms with Gasteiger partial charge in [0.2, 0.25) is 5.95 Å². The highest BCUT2D eigenvalue weighted by Gasteiger charge is 2.02. The average Bonchev–Trinajstić information content (AvgIpc) is 2.14. The molecule has 1 rings (SSSR count). The van der Waals surface area contributed by atoms with Gasteiger partial charge in [-0.15, -0.1) is 0 Å². The molecule has 72 valence electrons. The number of rotatable bonds is 4. The summed E-state index contributed by atoms with van der Waals surface area (Å²) >= 11 is 0. The number of nitrogens with zero attached hydrogens (tertiary/aromatic N) is 3. The van der Waals surface area contributed by atoms with Crippen LogP contribution in [0.5, 0.6) is 0 Å². The lowest BCUT2D eigenvalue weighted by molar-refractivity contribution is 0.206. The SMILES string of the molecule is COCCN(C)c1cc(F)ncn1. The van der Waals surface area contributed by atoms with Gasteiger partial charge in [-0.1, -0.05) is 0 Å². The summed E-state index contributed by atoms with van der Waals surface area (Å²) in [7, 11) is 3.44. The second-order valence-electron chi connectivity index (χ2n) is 2.61. The molecule has 0 saturated carbocycles. The van der Waals surface area contributed by atoms with E-state index in [4.69, 9.17) is 4.74 Å². The minimum atomic E-state index is -0.519. The van der Waals surface area contributed by atoms with Crippen LogP contribution in [-0.2, 0) is 4.74 Å². The van der Waals surface area contributed by atoms with Gasteiger partial charge >= 0.3 is 0 Å². The molecular formula is C8H12FN3O. The molecule has 0 fully saturated rings. The van der Waals surface area contributed by atoms with E-state index >= 15 is 0 Å². The van der Waals surface area contributed by atoms with Crippen LogP contribution in [0.2, 0.25) is 0 Å². The van der Waals surface area contributed by atoms with Crippen molar-refractivity contribution in [1.82, 2.24) is 9.97 Å². The lowest BCUT2D eigenvalue weighted by Crippen LogP contribution is -2.23. The second kappa shape index (κ2) is 4.71. The first-order valence-corrected chi connectivity index (χ1v) is 3.91. The Labute approximate surface area is 76.4 Å². The van der Waals surface area contributed by atoms with Crippen molar-refractivity contribution in [3.8, 4) is 0 Å². The van der Waals surface area contributed by atoms with Gasteiger partial charge in [0.25, 0.3) is 0 Å². The molecule has 0 N–H and O–H groups in total. The van der Waals surface area contributed by atoms with Crippen molar-refractivity contribution in [3.63, 3.8) is 0 Å². The van der Waals surface area contributed by atoms with E-state index in [1.165, 1.54) is 12.4 Å². The normalized spacial score (nSPS) is 10.1. The lowest BCUT2D eigenvalue weighted by Gasteiger charge is -2.16. The average molecular weight is 185 g/mol. The number of aromatic nitrogens is 2. The fourth-order valence-corrected chi connectivity index (χ4v) is 0.876. The van der Waals surface area contributed by atoms with Crippen molar-refractivity contribution >= 4 is 5.82 Å². The van der Waals surface area contributed by atoms with E-state index in [2.05, 4.69) is 9.97 Å². The fourth-order valence-electron chi connectivity index (χ4n) is 0.876. The van der Waals surface area contributed by atoms with Gasteiger partial charge in [-0.25, -0.2) is 9.97 Å². The van der Waals surface area contributed by atoms with Crippen LogP contribution in [0.1, 0.15) is 0 Å². The zero-order valence-electron chi connectivity index (χ0n) is 7.70. The summed E-state index contributed by atoms with van der Waals surface area (Å²) in [6.07, 6.45) is 1.20. The summed E-state index contributed by atoms with van der Waals surface area (Å²) in [5, 5.41) is 0. The fraction of sp³-hybridized carbons (Fsp3) is 0.500. The quantitative estimate of drug-likeness (QED) is 0.647. The van der Waals surface area contributed by atoms with E-state index in [0.717, 1.165) is 0 Å². The van der Waals surface area contributed by atoms with Crippen LogP contribution in [0.25, 0.3) is 0 Å². The molecule has 0 amide bonds. The Hall–Kier alpha value is -1.23. The summed E-state index contributed by atoms with van der Waals surface area (Å²) in [5.74, 6) is 0.0406. The molecule has 0 aliphatic carbocycles. The van der Waals surface area contributed by atoms with Crippen LogP contribution in [0.15, 0.2) is 12.4 Å². The Kier molecular flexibility index (Phi) is 3.57. The number of hydrogen-bond donors (Lipinski definition) is 0. The summed E-state index contributed by atoms with van der Waals surface area (Å²) in [6.45, 7) is 1.26. The maximum Gasteiger partial charge on any atom is 0.218 e. The molecule has 4 nitrogen and oxygen atoms in total. The minimum absolute atomic E-state index is 0.519. The lowest BCUT2D eigenvalue weighted by atomic mass is 10.5. The van der Waals surface area contributed by atoms with Crippen LogP contribution < -0.4 is 4.90 Å². The smallest absolute Gasteiger partial charge is 0.218 e. The van der Waals surface area contributed by atoms with Crippen molar-refractivity contribution in [2.24, 2.45) is 0 Å². The third kappa shape index (κ3) is 2.95. The molecule has 0 unspecified atom stereocenters. The van der Waals surface area contributed by atoms with Crippen LogP contribution in [-0.4, -0.2) is 37.3 Å². The predicted molar refractivity (Wildman–Crippen MR) is 47.1 cm³/mol. The first kappa shape index (κ1) is 9.85. The topological polar surface area (TPSA) is 38.2 Å². The number of ether oxygens (including phenoxy) is 1. The zero-order valence-corrected chi connectivity index (χ0v) is 7.70. The van der Waals surface area contributed by atoms with Crippen LogP contribution in [0.3, 0.4) is 0 Å². The number of anilines is 1. The second-order valence-corrected chi connectivity index (χ2v) is 2.61. The summed E-state index contributed by atoms with van der Waals surface area (Å²) in [4.78, 5) is 9.08. The maximum atomic E-state index is 12.6. The van der Waals surface area contributed by atoms with E-state index in [9.17, 15) is 4.39 Å². The zero-order chi connectivity index (χ0) is 9.68. The van der Waals surface area contributed by atoms with Gasteiger partial charge in [0.15, 0.2) is 0 Å². The third-order valence-corrected chi connectivity index (χ3v) is 1.64. The van der Waals surface area contributed by atoms with Gasteiger partial charge in [-0.2, -0.15) is 4.39 Å². The Balaban J connectivity index is 2.60. The Morgan fingerprint density at radius 2 is 2.31 bits per heavy atom. The highest BCUT2D eigenvalue weighted by molar-refractivity contribution is 5.35. The first-order valence-electron chi connectivity index (χ1n) is 3.91. The standard InChI is InChI=1S/C8H12FN3O/c1-12(3-4-13-2)8-5-7(9)10-6-11-8/h5-6H,3-4H2,1-2H3. The van der Waals surface area contributed by atoms with Gasteiger partial charge in [-0.3, -0.25) is 0 Å². The molecule has 0 atom stereocenters. The van der Waals surface area contributed by atoms with Gasteiger partial charge < -0.3 is 9.64 Å². The summed E-state index contributed by atoms with van der Waals surface area (Å²) in [6, 6.07) is 1.29. The van der Waals surface area contributed by atoms with E-state index < -0.39 is 5.95 Å². The molecule has 1 heterocycles. The summed E-state index contributed by atoms with van der Waals surface area (Å²) < 4.78 is 17.5. The number of halogens is 1. The molecule has 13 heavy (non-hydrogen) atoms. The molecular weight excluding hydrogens is 173 g/mol. The van der Waals surface area contributed by atoms with E-state index in [0.29, 0.717) is 19.0 Å². The van der Waals surface area contributed by atoms with Gasteiger partial charge in [0.05, 0.1) is 6.61 Å². The van der Waals surface area contributed by atoms with Crippen LogP contribution in [0, 0.1) is 5.95 Å². The first-order chi connectivity index (χ1) is 6.24. The molecule has 1 aromatic heterocycles. The third-order valence-electron chi connectivity index (χ3n) is 1.64. The molecule has 0 spiro atoms. The van der Waals surface area contributed by atoms with Gasteiger partial charge in [-0.05, 0) is 0 Å². The number of likely N-dealkylation sites (N-methyl/N-ethyl adjacent to an activating group) is 1. The molecule has 0 saturated heterocycles. The maximum absolute atomic E-state index is 12.6. The molecule has 1 aromatic rings. The van der Waals surface area contributed by atoms with Crippen molar-refractivity contribution in [2.75, 3.05) is 32.2 Å². The Morgan fingerprint density at radius 1 is 1.54 bits per heavy atom. The molecule has 0 bridgehead atoms. The number of hydrogen-bond acceptors (Lipinski definition) is 4. The Morgan fingerprint density at radius 3 is 2.92 bits per heavy atom. The predicted octanol–water partition coefficient (Wildman–Crippen LogP) is 0.698. The highest BCUT2D eigenvalue weighted by atomic mass is 19.1. The molecule has 0 radical (unpaired) electrons. The van der Waals surface area contributed by atoms with E-state index in [1.807, 2.05) is 7.05 Å². The Bertz CT molecular complexity index is 269. The molecule has 0 aliphatic rings. The molecule has 0 aromatic carbocycles. The minimum Gasteiger partial charge on any atom is -0.383 e. The van der Waals surface area contributed by atoms with Crippen molar-refractivity contribution in [1.29, 1.82) is 0 Å². The number of methoxy groups -OCH3 is 1. The largest absolute Gasteiger partial charge is 0.383 e. The van der Waals surface area contributed by atoms with Crippen LogP contribution >= 0.6 is 0 Å². The van der Waals surface area contributed by atoms with Crippen molar-refractivity contribution < 1.29 is 9.13 Å². The highest BCUT2D eigenvalue weighted by Crippen LogP contribution is 2.06. The van der Waals surface area contributed by atoms with Gasteiger partial charge in [0, 0.05) is 26.8 Å². The van der Waals surface area contributed by atoms with Crippen LogP contribution in [0.4, 0.5) is 10.2 Å².